The van der Waals surface area contributed by atoms with Gasteiger partial charge in [0, 0.05) is 43.8 Å². The van der Waals surface area contributed by atoms with E-state index in [9.17, 15) is 0 Å². The molecule has 3 aromatic rings. The van der Waals surface area contributed by atoms with Gasteiger partial charge in [-0.3, -0.25) is 0 Å². The SMILES string of the molecule is CN1Cc2cc(N3CCOCC3)c(F)cc2C(c2ccc3cc[nH]c3c2)C1. The molecule has 1 unspecified atom stereocenters. The Labute approximate surface area is 158 Å². The van der Waals surface area contributed by atoms with Crippen molar-refractivity contribution in [2.45, 2.75) is 12.5 Å². The second-order valence-electron chi connectivity index (χ2n) is 7.68. The molecule has 2 aliphatic heterocycles. The van der Waals surface area contributed by atoms with Crippen molar-refractivity contribution < 1.29 is 9.13 Å². The van der Waals surface area contributed by atoms with Crippen molar-refractivity contribution in [2.75, 3.05) is 44.8 Å². The number of anilines is 1. The number of ether oxygens (including phenoxy) is 1. The number of hydrogen-bond acceptors (Lipinski definition) is 3. The number of benzene rings is 2. The number of fused-ring (bicyclic) bond motifs is 2. The van der Waals surface area contributed by atoms with Crippen LogP contribution in [0.15, 0.2) is 42.6 Å². The Balaban J connectivity index is 1.57. The van der Waals surface area contributed by atoms with Crippen LogP contribution in [-0.2, 0) is 11.3 Å². The number of hydrogen-bond donors (Lipinski definition) is 1. The highest BCUT2D eigenvalue weighted by Gasteiger charge is 2.28. The third-order valence-corrected chi connectivity index (χ3v) is 5.85. The maximum absolute atomic E-state index is 15.0. The Morgan fingerprint density at radius 2 is 1.96 bits per heavy atom. The normalized spacial score (nSPS) is 20.8. The topological polar surface area (TPSA) is 31.5 Å². The minimum atomic E-state index is -0.119. The van der Waals surface area contributed by atoms with E-state index in [-0.39, 0.29) is 11.7 Å². The second kappa shape index (κ2) is 6.66. The predicted octanol–water partition coefficient (Wildman–Crippen LogP) is 3.72. The zero-order valence-corrected chi connectivity index (χ0v) is 15.5. The van der Waals surface area contributed by atoms with Gasteiger partial charge in [-0.15, -0.1) is 0 Å². The molecule has 140 valence electrons. The van der Waals surface area contributed by atoms with Crippen LogP contribution in [0.4, 0.5) is 10.1 Å². The van der Waals surface area contributed by atoms with Crippen molar-refractivity contribution in [2.24, 2.45) is 0 Å². The zero-order chi connectivity index (χ0) is 18.4. The summed E-state index contributed by atoms with van der Waals surface area (Å²) in [7, 11) is 2.14. The van der Waals surface area contributed by atoms with Crippen molar-refractivity contribution in [3.05, 3.63) is 65.1 Å². The molecular formula is C22H24FN3O. The molecule has 2 aliphatic rings. The third-order valence-electron chi connectivity index (χ3n) is 5.85. The van der Waals surface area contributed by atoms with Crippen molar-refractivity contribution in [1.29, 1.82) is 0 Å². The number of nitrogens with zero attached hydrogens (tertiary/aromatic N) is 2. The predicted molar refractivity (Wildman–Crippen MR) is 106 cm³/mol. The largest absolute Gasteiger partial charge is 0.378 e. The summed E-state index contributed by atoms with van der Waals surface area (Å²) in [6.45, 7) is 4.57. The molecule has 0 saturated carbocycles. The van der Waals surface area contributed by atoms with Gasteiger partial charge in [-0.2, -0.15) is 0 Å². The number of morpholine rings is 1. The van der Waals surface area contributed by atoms with Gasteiger partial charge in [-0.1, -0.05) is 12.1 Å². The van der Waals surface area contributed by atoms with E-state index in [2.05, 4.69) is 52.2 Å². The molecule has 0 radical (unpaired) electrons. The standard InChI is InChI=1S/C22H24FN3O/c1-25-13-17-11-22(26-6-8-27-9-7-26)20(23)12-18(17)19(14-25)16-3-2-15-4-5-24-21(15)10-16/h2-5,10-12,19,24H,6-9,13-14H2,1H3. The van der Waals surface area contributed by atoms with E-state index in [0.717, 1.165) is 37.3 Å². The number of halogens is 1. The molecule has 2 aromatic carbocycles. The number of rotatable bonds is 2. The highest BCUT2D eigenvalue weighted by molar-refractivity contribution is 5.80. The Kier molecular flexibility index (Phi) is 4.14. The van der Waals surface area contributed by atoms with Crippen LogP contribution >= 0.6 is 0 Å². The minimum Gasteiger partial charge on any atom is -0.378 e. The van der Waals surface area contributed by atoms with Gasteiger partial charge in [0.25, 0.3) is 0 Å². The van der Waals surface area contributed by atoms with E-state index in [4.69, 9.17) is 4.74 Å². The van der Waals surface area contributed by atoms with Gasteiger partial charge in [0.15, 0.2) is 0 Å². The maximum atomic E-state index is 15.0. The Morgan fingerprint density at radius 3 is 2.81 bits per heavy atom. The fourth-order valence-electron chi connectivity index (χ4n) is 4.46. The molecule has 1 fully saturated rings. The van der Waals surface area contributed by atoms with E-state index in [0.29, 0.717) is 18.9 Å². The molecule has 0 bridgehead atoms. The van der Waals surface area contributed by atoms with Crippen molar-refractivity contribution in [1.82, 2.24) is 9.88 Å². The molecular weight excluding hydrogens is 341 g/mol. The number of likely N-dealkylation sites (N-methyl/N-ethyl adjacent to an activating group) is 1. The van der Waals surface area contributed by atoms with Crippen LogP contribution < -0.4 is 4.90 Å². The average Bonchev–Trinajstić information content (AvgIpc) is 3.16. The summed E-state index contributed by atoms with van der Waals surface area (Å²) in [4.78, 5) is 7.72. The van der Waals surface area contributed by atoms with E-state index in [1.807, 2.05) is 6.20 Å². The molecule has 0 spiro atoms. The molecule has 5 heteroatoms. The van der Waals surface area contributed by atoms with Gasteiger partial charge in [0.05, 0.1) is 18.9 Å². The summed E-state index contributed by atoms with van der Waals surface area (Å²) < 4.78 is 20.5. The van der Waals surface area contributed by atoms with Crippen LogP contribution in [-0.4, -0.2) is 49.8 Å². The molecule has 1 aromatic heterocycles. The summed E-state index contributed by atoms with van der Waals surface area (Å²) in [6, 6.07) is 12.4. The molecule has 0 amide bonds. The zero-order valence-electron chi connectivity index (χ0n) is 15.5. The molecule has 1 atom stereocenters. The van der Waals surface area contributed by atoms with Crippen LogP contribution in [0.25, 0.3) is 10.9 Å². The Morgan fingerprint density at radius 1 is 1.11 bits per heavy atom. The Bertz CT molecular complexity index is 977. The van der Waals surface area contributed by atoms with E-state index in [1.165, 1.54) is 16.5 Å². The lowest BCUT2D eigenvalue weighted by Gasteiger charge is -2.35. The fourth-order valence-corrected chi connectivity index (χ4v) is 4.46. The monoisotopic (exact) mass is 365 g/mol. The quantitative estimate of drug-likeness (QED) is 0.751. The first kappa shape index (κ1) is 16.8. The van der Waals surface area contributed by atoms with Gasteiger partial charge in [0.2, 0.25) is 0 Å². The Hall–Kier alpha value is -2.37. The van der Waals surface area contributed by atoms with Crippen molar-refractivity contribution >= 4 is 16.6 Å². The molecule has 3 heterocycles. The fraction of sp³-hybridized carbons (Fsp3) is 0.364. The molecule has 1 N–H and O–H groups in total. The maximum Gasteiger partial charge on any atom is 0.146 e. The van der Waals surface area contributed by atoms with Crippen LogP contribution in [0.3, 0.4) is 0 Å². The first-order valence-electron chi connectivity index (χ1n) is 9.59. The number of nitrogens with one attached hydrogen (secondary N) is 1. The van der Waals surface area contributed by atoms with Crippen molar-refractivity contribution in [3.8, 4) is 0 Å². The molecule has 27 heavy (non-hydrogen) atoms. The first-order valence-corrected chi connectivity index (χ1v) is 9.59. The molecule has 5 rings (SSSR count). The van der Waals surface area contributed by atoms with E-state index < -0.39 is 0 Å². The highest BCUT2D eigenvalue weighted by Crippen LogP contribution is 2.37. The number of H-pyrrole nitrogens is 1. The third kappa shape index (κ3) is 3.01. The summed E-state index contributed by atoms with van der Waals surface area (Å²) in [5, 5.41) is 1.21. The van der Waals surface area contributed by atoms with Gasteiger partial charge in [0.1, 0.15) is 5.82 Å². The minimum absolute atomic E-state index is 0.119. The molecule has 1 saturated heterocycles. The van der Waals surface area contributed by atoms with Crippen LogP contribution in [0.2, 0.25) is 0 Å². The van der Waals surface area contributed by atoms with Crippen molar-refractivity contribution in [3.63, 3.8) is 0 Å². The molecule has 4 nitrogen and oxygen atoms in total. The van der Waals surface area contributed by atoms with E-state index in [1.54, 1.807) is 6.07 Å². The number of aromatic amines is 1. The first-order chi connectivity index (χ1) is 13.2. The molecule has 0 aliphatic carbocycles. The van der Waals surface area contributed by atoms with Gasteiger partial charge in [-0.05, 0) is 53.4 Å². The van der Waals surface area contributed by atoms with E-state index >= 15 is 4.39 Å². The lowest BCUT2D eigenvalue weighted by molar-refractivity contribution is 0.122. The lowest BCUT2D eigenvalue weighted by atomic mass is 9.84. The van der Waals surface area contributed by atoms with Crippen LogP contribution in [0.5, 0.6) is 0 Å². The highest BCUT2D eigenvalue weighted by atomic mass is 19.1. The van der Waals surface area contributed by atoms with Crippen LogP contribution in [0.1, 0.15) is 22.6 Å². The number of aromatic nitrogens is 1. The second-order valence-corrected chi connectivity index (χ2v) is 7.68. The smallest absolute Gasteiger partial charge is 0.146 e. The summed E-state index contributed by atoms with van der Waals surface area (Å²) in [5.74, 6) is 0.0610. The van der Waals surface area contributed by atoms with Crippen LogP contribution in [0, 0.1) is 5.82 Å². The summed E-state index contributed by atoms with van der Waals surface area (Å²) >= 11 is 0. The lowest BCUT2D eigenvalue weighted by Crippen LogP contribution is -2.37. The van der Waals surface area contributed by atoms with Gasteiger partial charge < -0.3 is 19.5 Å². The average molecular weight is 365 g/mol. The summed E-state index contributed by atoms with van der Waals surface area (Å²) in [6.07, 6.45) is 1.96. The van der Waals surface area contributed by atoms with Gasteiger partial charge >= 0.3 is 0 Å². The summed E-state index contributed by atoms with van der Waals surface area (Å²) in [5.41, 5.74) is 5.42. The van der Waals surface area contributed by atoms with Gasteiger partial charge in [-0.25, -0.2) is 4.39 Å².